The van der Waals surface area contributed by atoms with Gasteiger partial charge in [-0.15, -0.1) is 0 Å². The number of imide groups is 1. The minimum atomic E-state index is -0.311. The fraction of sp³-hybridized carbons (Fsp3) is 0.286. The van der Waals surface area contributed by atoms with E-state index in [0.29, 0.717) is 17.9 Å². The second-order valence-electron chi connectivity index (χ2n) is 6.78. The second kappa shape index (κ2) is 8.56. The third-order valence-electron chi connectivity index (χ3n) is 4.41. The van der Waals surface area contributed by atoms with Crippen molar-refractivity contribution in [1.82, 2.24) is 9.80 Å². The predicted molar refractivity (Wildman–Crippen MR) is 105 cm³/mol. The summed E-state index contributed by atoms with van der Waals surface area (Å²) in [7, 11) is 1.58. The molecule has 146 valence electrons. The number of carbonyl (C=O) groups is 3. The molecule has 28 heavy (non-hydrogen) atoms. The van der Waals surface area contributed by atoms with Crippen LogP contribution in [0, 0.1) is 6.92 Å². The monoisotopic (exact) mass is 381 g/mol. The number of rotatable bonds is 7. The minimum Gasteiger partial charge on any atom is -0.457 e. The molecule has 2 aromatic rings. The number of anilines is 1. The van der Waals surface area contributed by atoms with Crippen LogP contribution in [0.15, 0.2) is 48.5 Å². The van der Waals surface area contributed by atoms with E-state index in [1.54, 1.807) is 31.3 Å². The van der Waals surface area contributed by atoms with Gasteiger partial charge in [-0.3, -0.25) is 14.5 Å². The van der Waals surface area contributed by atoms with Gasteiger partial charge in [0.25, 0.3) is 0 Å². The third kappa shape index (κ3) is 4.88. The quantitative estimate of drug-likeness (QED) is 0.746. The van der Waals surface area contributed by atoms with E-state index in [1.807, 2.05) is 31.2 Å². The van der Waals surface area contributed by atoms with Gasteiger partial charge in [-0.05, 0) is 49.7 Å². The number of urea groups is 1. The molecule has 0 aromatic heterocycles. The van der Waals surface area contributed by atoms with Crippen LogP contribution in [0.4, 0.5) is 10.5 Å². The smallest absolute Gasteiger partial charge is 0.326 e. The summed E-state index contributed by atoms with van der Waals surface area (Å²) in [5.74, 6) is 1.03. The number of carbonyl (C=O) groups excluding carboxylic acids is 3. The number of hydrogen-bond acceptors (Lipinski definition) is 4. The van der Waals surface area contributed by atoms with Crippen molar-refractivity contribution in [2.24, 2.45) is 0 Å². The summed E-state index contributed by atoms with van der Waals surface area (Å²) in [6.07, 6.45) is 0.647. The number of amides is 4. The zero-order chi connectivity index (χ0) is 20.1. The van der Waals surface area contributed by atoms with Crippen molar-refractivity contribution < 1.29 is 19.1 Å². The molecule has 1 heterocycles. The van der Waals surface area contributed by atoms with Crippen molar-refractivity contribution in [3.05, 3.63) is 54.1 Å². The van der Waals surface area contributed by atoms with E-state index in [4.69, 9.17) is 4.74 Å². The molecular weight excluding hydrogens is 358 g/mol. The molecule has 2 aromatic carbocycles. The molecule has 7 heteroatoms. The molecule has 0 unspecified atom stereocenters. The molecule has 1 fully saturated rings. The zero-order valence-corrected chi connectivity index (χ0v) is 16.0. The SMILES string of the molecule is Cc1ccc(Oc2ccc(NC(=O)CCCN3C(=O)CN(C)C3=O)cc2)cc1. The number of benzene rings is 2. The molecule has 7 nitrogen and oxygen atoms in total. The average Bonchev–Trinajstić information content (AvgIpc) is 2.91. The van der Waals surface area contributed by atoms with E-state index in [0.717, 1.165) is 11.3 Å². The fourth-order valence-corrected chi connectivity index (χ4v) is 2.86. The van der Waals surface area contributed by atoms with Crippen LogP contribution in [0.1, 0.15) is 18.4 Å². The van der Waals surface area contributed by atoms with Crippen molar-refractivity contribution in [1.29, 1.82) is 0 Å². The highest BCUT2D eigenvalue weighted by molar-refractivity contribution is 6.01. The molecular formula is C21H23N3O4. The maximum absolute atomic E-state index is 12.1. The van der Waals surface area contributed by atoms with Crippen LogP contribution >= 0.6 is 0 Å². The zero-order valence-electron chi connectivity index (χ0n) is 16.0. The molecule has 1 aliphatic heterocycles. The number of nitrogens with one attached hydrogen (secondary N) is 1. The molecule has 3 rings (SSSR count). The van der Waals surface area contributed by atoms with Gasteiger partial charge in [0, 0.05) is 25.7 Å². The normalized spacial score (nSPS) is 13.8. The van der Waals surface area contributed by atoms with Crippen LogP contribution in [0.3, 0.4) is 0 Å². The van der Waals surface area contributed by atoms with Crippen molar-refractivity contribution in [2.45, 2.75) is 19.8 Å². The number of ether oxygens (including phenoxy) is 1. The lowest BCUT2D eigenvalue weighted by Crippen LogP contribution is -2.32. The van der Waals surface area contributed by atoms with Gasteiger partial charge in [0.05, 0.1) is 0 Å². The molecule has 0 bridgehead atoms. The Bertz CT molecular complexity index is 862. The summed E-state index contributed by atoms with van der Waals surface area (Å²) < 4.78 is 5.76. The first kappa shape index (κ1) is 19.4. The number of hydrogen-bond donors (Lipinski definition) is 1. The molecule has 1 N–H and O–H groups in total. The third-order valence-corrected chi connectivity index (χ3v) is 4.41. The van der Waals surface area contributed by atoms with Crippen LogP contribution in [-0.4, -0.2) is 47.8 Å². The lowest BCUT2D eigenvalue weighted by molar-refractivity contribution is -0.125. The number of nitrogens with zero attached hydrogens (tertiary/aromatic N) is 2. The van der Waals surface area contributed by atoms with Gasteiger partial charge in [0.15, 0.2) is 0 Å². The summed E-state index contributed by atoms with van der Waals surface area (Å²) >= 11 is 0. The molecule has 0 radical (unpaired) electrons. The highest BCUT2D eigenvalue weighted by Crippen LogP contribution is 2.23. The van der Waals surface area contributed by atoms with Crippen LogP contribution in [0.25, 0.3) is 0 Å². The van der Waals surface area contributed by atoms with Crippen LogP contribution in [0.2, 0.25) is 0 Å². The first-order valence-electron chi connectivity index (χ1n) is 9.12. The lowest BCUT2D eigenvalue weighted by Gasteiger charge is -2.13. The van der Waals surface area contributed by atoms with Crippen LogP contribution < -0.4 is 10.1 Å². The topological polar surface area (TPSA) is 79.0 Å². The number of aryl methyl sites for hydroxylation is 1. The Hall–Kier alpha value is -3.35. The van der Waals surface area contributed by atoms with Crippen molar-refractivity contribution >= 4 is 23.5 Å². The summed E-state index contributed by atoms with van der Waals surface area (Å²) in [5, 5.41) is 2.80. The number of likely N-dealkylation sites (N-methyl/N-ethyl adjacent to an activating group) is 1. The molecule has 1 saturated heterocycles. The average molecular weight is 381 g/mol. The Labute approximate surface area is 163 Å². The summed E-state index contributed by atoms with van der Waals surface area (Å²) in [6.45, 7) is 2.36. The van der Waals surface area contributed by atoms with Crippen LogP contribution in [-0.2, 0) is 9.59 Å². The van der Waals surface area contributed by atoms with Gasteiger partial charge >= 0.3 is 6.03 Å². The lowest BCUT2D eigenvalue weighted by atomic mass is 10.2. The van der Waals surface area contributed by atoms with Gasteiger partial charge in [0.2, 0.25) is 11.8 Å². The van der Waals surface area contributed by atoms with E-state index >= 15 is 0 Å². The molecule has 0 aliphatic carbocycles. The van der Waals surface area contributed by atoms with Crippen molar-refractivity contribution in [3.8, 4) is 11.5 Å². The molecule has 0 saturated carbocycles. The van der Waals surface area contributed by atoms with E-state index < -0.39 is 0 Å². The molecule has 1 aliphatic rings. The van der Waals surface area contributed by atoms with Crippen molar-refractivity contribution in [2.75, 3.05) is 25.5 Å². The molecule has 4 amide bonds. The van der Waals surface area contributed by atoms with Gasteiger partial charge in [-0.1, -0.05) is 17.7 Å². The molecule has 0 spiro atoms. The van der Waals surface area contributed by atoms with Gasteiger partial charge < -0.3 is 15.0 Å². The minimum absolute atomic E-state index is 0.0992. The summed E-state index contributed by atoms with van der Waals surface area (Å²) in [4.78, 5) is 38.1. The van der Waals surface area contributed by atoms with Gasteiger partial charge in [-0.2, -0.15) is 0 Å². The maximum Gasteiger partial charge on any atom is 0.326 e. The Morgan fingerprint density at radius 3 is 2.21 bits per heavy atom. The highest BCUT2D eigenvalue weighted by atomic mass is 16.5. The first-order chi connectivity index (χ1) is 13.4. The highest BCUT2D eigenvalue weighted by Gasteiger charge is 2.32. The van der Waals surface area contributed by atoms with Crippen molar-refractivity contribution in [3.63, 3.8) is 0 Å². The maximum atomic E-state index is 12.1. The summed E-state index contributed by atoms with van der Waals surface area (Å²) in [5.41, 5.74) is 1.82. The van der Waals surface area contributed by atoms with E-state index in [2.05, 4.69) is 5.32 Å². The molecule has 0 atom stereocenters. The van der Waals surface area contributed by atoms with Gasteiger partial charge in [-0.25, -0.2) is 4.79 Å². The predicted octanol–water partition coefficient (Wildman–Crippen LogP) is 3.40. The standard InChI is InChI=1S/C21H23N3O4/c1-15-5-9-17(10-6-15)28-18-11-7-16(8-12-18)22-19(25)4-3-13-24-20(26)14-23(2)21(24)27/h5-12H,3-4,13-14H2,1-2H3,(H,22,25). The Morgan fingerprint density at radius 1 is 1.04 bits per heavy atom. The first-order valence-corrected chi connectivity index (χ1v) is 9.12. The second-order valence-corrected chi connectivity index (χ2v) is 6.78. The van der Waals surface area contributed by atoms with Gasteiger partial charge in [0.1, 0.15) is 18.0 Å². The Kier molecular flexibility index (Phi) is 5.93. The van der Waals surface area contributed by atoms with E-state index in [-0.39, 0.29) is 37.4 Å². The van der Waals surface area contributed by atoms with E-state index in [1.165, 1.54) is 9.80 Å². The Balaban J connectivity index is 1.44. The Morgan fingerprint density at radius 2 is 1.64 bits per heavy atom. The largest absolute Gasteiger partial charge is 0.457 e. The fourth-order valence-electron chi connectivity index (χ4n) is 2.86. The van der Waals surface area contributed by atoms with E-state index in [9.17, 15) is 14.4 Å². The summed E-state index contributed by atoms with van der Waals surface area (Å²) in [6, 6.07) is 14.6. The van der Waals surface area contributed by atoms with Crippen LogP contribution in [0.5, 0.6) is 11.5 Å².